The number of nitrogens with one attached hydrogen (secondary N) is 6. The van der Waals surface area contributed by atoms with Crippen LogP contribution in [0.5, 0.6) is 0 Å². The van der Waals surface area contributed by atoms with Crippen LogP contribution in [-0.4, -0.2) is 125 Å². The number of carbonyl (C=O) groups excluding carboxylic acids is 6. The molecule has 0 bridgehead atoms. The molecule has 6 amide bonds. The molecule has 15 N–H and O–H groups in total. The molecule has 0 fully saturated rings. The Morgan fingerprint density at radius 3 is 1.45 bits per heavy atom. The zero-order valence-electron chi connectivity index (χ0n) is 28.9. The van der Waals surface area contributed by atoms with Crippen LogP contribution in [-0.2, 0) is 43.2 Å². The van der Waals surface area contributed by atoms with E-state index in [-0.39, 0.29) is 25.7 Å². The van der Waals surface area contributed by atoms with Gasteiger partial charge in [0.25, 0.3) is 0 Å². The van der Waals surface area contributed by atoms with Crippen LogP contribution >= 0.6 is 0 Å². The molecule has 0 saturated heterocycles. The molecule has 290 valence electrons. The second-order valence-corrected chi connectivity index (χ2v) is 11.8. The van der Waals surface area contributed by atoms with Crippen LogP contribution in [0.2, 0.25) is 0 Å². The molecule has 21 heteroatoms. The van der Waals surface area contributed by atoms with Crippen LogP contribution < -0.4 is 49.1 Å². The summed E-state index contributed by atoms with van der Waals surface area (Å²) in [4.78, 5) is 110. The van der Waals surface area contributed by atoms with Gasteiger partial charge < -0.3 is 64.4 Å². The third-order valence-corrected chi connectivity index (χ3v) is 7.37. The molecule has 0 spiro atoms. The van der Waals surface area contributed by atoms with Gasteiger partial charge in [0.15, 0.2) is 0 Å². The van der Waals surface area contributed by atoms with E-state index in [1.165, 1.54) is 13.8 Å². The number of hydrogen-bond donors (Lipinski definition) is 12. The molecule has 0 radical (unpaired) electrons. The summed E-state index contributed by atoms with van der Waals surface area (Å²) in [5.41, 5.74) is 16.6. The highest BCUT2D eigenvalue weighted by Crippen LogP contribution is 2.05. The van der Waals surface area contributed by atoms with E-state index in [1.54, 1.807) is 0 Å². The Hall–Kier alpha value is -4.89. The normalized spacial score (nSPS) is 14.3. The van der Waals surface area contributed by atoms with Crippen LogP contribution in [0.25, 0.3) is 0 Å². The van der Waals surface area contributed by atoms with Gasteiger partial charge in [0, 0.05) is 12.8 Å². The van der Waals surface area contributed by atoms with Gasteiger partial charge in [-0.05, 0) is 78.3 Å². The number of aliphatic carboxylic acids is 3. The zero-order chi connectivity index (χ0) is 39.1. The van der Waals surface area contributed by atoms with Crippen molar-refractivity contribution in [2.45, 2.75) is 114 Å². The number of nitrogens with two attached hydrogens (primary N) is 3. The van der Waals surface area contributed by atoms with Crippen LogP contribution in [0.15, 0.2) is 0 Å². The Balaban J connectivity index is 5.47. The van der Waals surface area contributed by atoms with Gasteiger partial charge in [-0.2, -0.15) is 0 Å². The topological polar surface area (TPSA) is 365 Å². The van der Waals surface area contributed by atoms with E-state index < -0.39 is 109 Å². The Morgan fingerprint density at radius 2 is 0.980 bits per heavy atom. The van der Waals surface area contributed by atoms with Gasteiger partial charge in [-0.1, -0.05) is 0 Å². The SMILES string of the molecule is C[C@H](NC(=O)[C@H](CCC(=O)O)NC(=O)[C@H](C)NC(=O)[C@@H](N)CCC(=O)O)C(=O)N[C@@H](CCCCN)C(=O)NCC(=O)N[C@@H](CCCCN)C(=O)O. The third-order valence-electron chi connectivity index (χ3n) is 7.37. The monoisotopic (exact) mass is 731 g/mol. The molecule has 51 heavy (non-hydrogen) atoms. The minimum atomic E-state index is -1.48. The fourth-order valence-electron chi connectivity index (χ4n) is 4.35. The minimum absolute atomic E-state index is 0.0920. The first kappa shape index (κ1) is 46.1. The van der Waals surface area contributed by atoms with Crippen molar-refractivity contribution >= 4 is 53.4 Å². The zero-order valence-corrected chi connectivity index (χ0v) is 28.9. The number of carbonyl (C=O) groups is 9. The lowest BCUT2D eigenvalue weighted by Crippen LogP contribution is -2.58. The van der Waals surface area contributed by atoms with E-state index >= 15 is 0 Å². The number of hydrogen-bond acceptors (Lipinski definition) is 12. The Morgan fingerprint density at radius 1 is 0.529 bits per heavy atom. The van der Waals surface area contributed by atoms with E-state index in [9.17, 15) is 48.3 Å². The van der Waals surface area contributed by atoms with Crippen LogP contribution in [0, 0.1) is 0 Å². The van der Waals surface area contributed by atoms with Gasteiger partial charge in [-0.15, -0.1) is 0 Å². The Kier molecular flexibility index (Phi) is 22.7. The summed E-state index contributed by atoms with van der Waals surface area (Å²) in [5, 5.41) is 41.3. The average molecular weight is 732 g/mol. The van der Waals surface area contributed by atoms with Gasteiger partial charge in [0.2, 0.25) is 35.4 Å². The summed E-state index contributed by atoms with van der Waals surface area (Å²) < 4.78 is 0. The standard InChI is InChI=1S/C30H53N9O12/c1-16(35-27(47)18(33)9-11-23(41)42)25(45)39-20(10-12-24(43)44)29(49)36-17(2)26(46)38-19(7-3-5-13-31)28(48)34-15-22(40)37-21(30(50)51)8-4-6-14-32/h16-21H,3-15,31-33H2,1-2H3,(H,34,48)(H,35,47)(H,36,49)(H,37,40)(H,38,46)(H,39,45)(H,41,42)(H,43,44)(H,50,51)/t16-,17-,18-,19-,20-,21-/m0/s1. The minimum Gasteiger partial charge on any atom is -0.481 e. The maximum Gasteiger partial charge on any atom is 0.326 e. The second kappa shape index (κ2) is 25.1. The van der Waals surface area contributed by atoms with Crippen molar-refractivity contribution in [2.75, 3.05) is 19.6 Å². The first-order chi connectivity index (χ1) is 23.9. The lowest BCUT2D eigenvalue weighted by Gasteiger charge is -2.24. The number of unbranched alkanes of at least 4 members (excludes halogenated alkanes) is 2. The van der Waals surface area contributed by atoms with Crippen molar-refractivity contribution in [3.05, 3.63) is 0 Å². The third kappa shape index (κ3) is 20.4. The summed E-state index contributed by atoms with van der Waals surface area (Å²) in [6.07, 6.45) is 0.585. The molecule has 0 aliphatic heterocycles. The molecular weight excluding hydrogens is 678 g/mol. The summed E-state index contributed by atoms with van der Waals surface area (Å²) >= 11 is 0. The van der Waals surface area contributed by atoms with E-state index in [2.05, 4.69) is 31.9 Å². The first-order valence-corrected chi connectivity index (χ1v) is 16.5. The molecule has 0 aromatic heterocycles. The maximum absolute atomic E-state index is 13.1. The Labute approximate surface area is 294 Å². The highest BCUT2D eigenvalue weighted by molar-refractivity contribution is 5.96. The lowest BCUT2D eigenvalue weighted by molar-refractivity contribution is -0.142. The predicted molar refractivity (Wildman–Crippen MR) is 179 cm³/mol. The van der Waals surface area contributed by atoms with Crippen molar-refractivity contribution in [1.82, 2.24) is 31.9 Å². The maximum atomic E-state index is 13.1. The fourth-order valence-corrected chi connectivity index (χ4v) is 4.35. The largest absolute Gasteiger partial charge is 0.481 e. The van der Waals surface area contributed by atoms with Gasteiger partial charge in [0.05, 0.1) is 12.6 Å². The number of rotatable bonds is 27. The molecule has 0 aromatic carbocycles. The van der Waals surface area contributed by atoms with Gasteiger partial charge in [-0.25, -0.2) is 4.79 Å². The molecule has 0 aliphatic carbocycles. The summed E-state index contributed by atoms with van der Waals surface area (Å²) in [5.74, 6) is -8.79. The van der Waals surface area contributed by atoms with Crippen molar-refractivity contribution in [3.63, 3.8) is 0 Å². The van der Waals surface area contributed by atoms with Crippen molar-refractivity contribution in [2.24, 2.45) is 17.2 Å². The van der Waals surface area contributed by atoms with Crippen molar-refractivity contribution < 1.29 is 58.5 Å². The molecule has 0 saturated carbocycles. The highest BCUT2D eigenvalue weighted by atomic mass is 16.4. The summed E-state index contributed by atoms with van der Waals surface area (Å²) in [6, 6.07) is -7.67. The lowest BCUT2D eigenvalue weighted by atomic mass is 10.1. The molecule has 0 aromatic rings. The van der Waals surface area contributed by atoms with Crippen LogP contribution in [0.3, 0.4) is 0 Å². The van der Waals surface area contributed by atoms with Gasteiger partial charge in [-0.3, -0.25) is 38.4 Å². The van der Waals surface area contributed by atoms with E-state index in [0.717, 1.165) is 0 Å². The quantitative estimate of drug-likeness (QED) is 0.0358. The average Bonchev–Trinajstić information content (AvgIpc) is 3.06. The predicted octanol–water partition coefficient (Wildman–Crippen LogP) is -4.03. The second-order valence-electron chi connectivity index (χ2n) is 11.8. The molecule has 21 nitrogen and oxygen atoms in total. The fraction of sp³-hybridized carbons (Fsp3) is 0.700. The van der Waals surface area contributed by atoms with Gasteiger partial charge >= 0.3 is 17.9 Å². The smallest absolute Gasteiger partial charge is 0.326 e. The summed E-state index contributed by atoms with van der Waals surface area (Å²) in [7, 11) is 0. The van der Waals surface area contributed by atoms with Crippen molar-refractivity contribution in [3.8, 4) is 0 Å². The molecule has 0 rings (SSSR count). The van der Waals surface area contributed by atoms with E-state index in [1.807, 2.05) is 0 Å². The summed E-state index contributed by atoms with van der Waals surface area (Å²) in [6.45, 7) is 2.58. The number of carboxylic acid groups (broad SMARTS) is 3. The molecule has 0 unspecified atom stereocenters. The molecule has 0 aliphatic rings. The van der Waals surface area contributed by atoms with E-state index in [0.29, 0.717) is 38.8 Å². The van der Waals surface area contributed by atoms with Crippen LogP contribution in [0.1, 0.15) is 78.1 Å². The van der Waals surface area contributed by atoms with Crippen LogP contribution in [0.4, 0.5) is 0 Å². The Bertz CT molecular complexity index is 1220. The highest BCUT2D eigenvalue weighted by Gasteiger charge is 2.30. The van der Waals surface area contributed by atoms with Crippen molar-refractivity contribution in [1.29, 1.82) is 0 Å². The number of amides is 6. The molecule has 0 heterocycles. The number of carboxylic acids is 3. The van der Waals surface area contributed by atoms with E-state index in [4.69, 9.17) is 27.4 Å². The first-order valence-electron chi connectivity index (χ1n) is 16.5. The molecule has 6 atom stereocenters. The molecular formula is C30H53N9O12. The van der Waals surface area contributed by atoms with Gasteiger partial charge in [0.1, 0.15) is 30.2 Å².